The van der Waals surface area contributed by atoms with Crippen LogP contribution >= 0.6 is 15.9 Å². The number of amides is 1. The normalized spacial score (nSPS) is 11.9. The summed E-state index contributed by atoms with van der Waals surface area (Å²) in [4.78, 5) is 29.9. The van der Waals surface area contributed by atoms with E-state index in [2.05, 4.69) is 21.2 Å². The van der Waals surface area contributed by atoms with Crippen LogP contribution in [0.25, 0.3) is 22.2 Å². The highest BCUT2D eigenvalue weighted by Crippen LogP contribution is 2.31. The lowest BCUT2D eigenvalue weighted by atomic mass is 9.94. The highest BCUT2D eigenvalue weighted by molar-refractivity contribution is 9.10. The Labute approximate surface area is 207 Å². The fraction of sp³-hybridized carbons (Fsp3) is 0.179. The third kappa shape index (κ3) is 5.18. The monoisotopic (exact) mass is 516 g/mol. The second kappa shape index (κ2) is 10.2. The zero-order valence-electron chi connectivity index (χ0n) is 19.0. The van der Waals surface area contributed by atoms with Crippen LogP contribution in [0.15, 0.2) is 77.3 Å². The lowest BCUT2D eigenvalue weighted by molar-refractivity contribution is -0.137. The number of benzene rings is 3. The second-order valence-electron chi connectivity index (χ2n) is 8.40. The second-order valence-corrected chi connectivity index (χ2v) is 9.32. The summed E-state index contributed by atoms with van der Waals surface area (Å²) in [6, 6.07) is 23.2. The molecule has 5 nitrogen and oxygen atoms in total. The summed E-state index contributed by atoms with van der Waals surface area (Å²) in [7, 11) is 0. The molecule has 4 rings (SSSR count). The minimum absolute atomic E-state index is 0.0692. The summed E-state index contributed by atoms with van der Waals surface area (Å²) in [6.45, 7) is 4.10. The molecule has 3 aromatic carbocycles. The Kier molecular flexibility index (Phi) is 7.08. The molecule has 0 aliphatic carbocycles. The van der Waals surface area contributed by atoms with Gasteiger partial charge in [0.05, 0.1) is 23.2 Å². The van der Waals surface area contributed by atoms with Gasteiger partial charge in [0, 0.05) is 27.9 Å². The number of hydrogen-bond acceptors (Lipinski definition) is 3. The lowest BCUT2D eigenvalue weighted by Gasteiger charge is -2.19. The average Bonchev–Trinajstić information content (AvgIpc) is 2.82. The molecule has 1 amide bonds. The molecule has 34 heavy (non-hydrogen) atoms. The van der Waals surface area contributed by atoms with Gasteiger partial charge in [-0.05, 0) is 43.2 Å². The molecule has 0 aliphatic heterocycles. The van der Waals surface area contributed by atoms with E-state index in [9.17, 15) is 14.7 Å². The number of fused-ring (bicyclic) bond motifs is 1. The molecular formula is C28H25BrN2O3. The van der Waals surface area contributed by atoms with Gasteiger partial charge in [0.15, 0.2) is 0 Å². The zero-order valence-corrected chi connectivity index (χ0v) is 20.6. The summed E-state index contributed by atoms with van der Waals surface area (Å²) < 4.78 is 0.853. The van der Waals surface area contributed by atoms with Gasteiger partial charge in [-0.25, -0.2) is 4.98 Å². The molecule has 0 radical (unpaired) electrons. The number of aromatic nitrogens is 1. The quantitative estimate of drug-likeness (QED) is 0.303. The van der Waals surface area contributed by atoms with Crippen molar-refractivity contribution in [2.75, 3.05) is 6.54 Å². The maximum absolute atomic E-state index is 13.5. The largest absolute Gasteiger partial charge is 0.481 e. The first-order valence-electron chi connectivity index (χ1n) is 11.1. The number of carbonyl (C=O) groups excluding carboxylic acids is 1. The summed E-state index contributed by atoms with van der Waals surface area (Å²) in [5, 5.41) is 13.2. The summed E-state index contributed by atoms with van der Waals surface area (Å²) in [6.07, 6.45) is -0.0692. The Hall–Kier alpha value is -3.51. The number of carboxylic acids is 1. The molecule has 0 fully saturated rings. The third-order valence-corrected chi connectivity index (χ3v) is 6.44. The Morgan fingerprint density at radius 3 is 2.38 bits per heavy atom. The van der Waals surface area contributed by atoms with E-state index in [4.69, 9.17) is 4.98 Å². The molecule has 0 saturated carbocycles. The minimum atomic E-state index is -0.902. The molecule has 0 spiro atoms. The first kappa shape index (κ1) is 23.6. The molecule has 2 N–H and O–H groups in total. The van der Waals surface area contributed by atoms with Crippen molar-refractivity contribution in [1.29, 1.82) is 0 Å². The van der Waals surface area contributed by atoms with Gasteiger partial charge in [0.25, 0.3) is 5.91 Å². The Morgan fingerprint density at radius 2 is 1.71 bits per heavy atom. The number of nitrogens with zero attached hydrogens (tertiary/aromatic N) is 1. The van der Waals surface area contributed by atoms with Crippen LogP contribution in [0.1, 0.15) is 39.4 Å². The van der Waals surface area contributed by atoms with E-state index >= 15 is 0 Å². The van der Waals surface area contributed by atoms with Gasteiger partial charge >= 0.3 is 5.97 Å². The Balaban J connectivity index is 1.72. The predicted octanol–water partition coefficient (Wildman–Crippen LogP) is 6.27. The molecule has 1 heterocycles. The van der Waals surface area contributed by atoms with E-state index in [1.165, 1.54) is 0 Å². The molecular weight excluding hydrogens is 492 g/mol. The number of halogens is 1. The van der Waals surface area contributed by atoms with Crippen molar-refractivity contribution < 1.29 is 14.7 Å². The van der Waals surface area contributed by atoms with Crippen LogP contribution in [0, 0.1) is 13.8 Å². The summed E-state index contributed by atoms with van der Waals surface area (Å²) in [5.41, 5.74) is 5.71. The number of carbonyl (C=O) groups is 2. The fourth-order valence-corrected chi connectivity index (χ4v) is 4.52. The number of pyridine rings is 1. The van der Waals surface area contributed by atoms with Crippen LogP contribution in [0.3, 0.4) is 0 Å². The molecule has 0 saturated heterocycles. The first-order chi connectivity index (χ1) is 16.3. The van der Waals surface area contributed by atoms with Crippen LogP contribution in [-0.2, 0) is 4.79 Å². The maximum atomic E-state index is 13.5. The van der Waals surface area contributed by atoms with E-state index < -0.39 is 5.97 Å². The molecule has 6 heteroatoms. The number of rotatable bonds is 7. The van der Waals surface area contributed by atoms with Crippen molar-refractivity contribution in [2.45, 2.75) is 26.2 Å². The van der Waals surface area contributed by atoms with E-state index in [-0.39, 0.29) is 24.8 Å². The molecule has 0 bridgehead atoms. The number of aliphatic carboxylic acids is 1. The van der Waals surface area contributed by atoms with Gasteiger partial charge in [0.2, 0.25) is 0 Å². The zero-order chi connectivity index (χ0) is 24.2. The standard InChI is InChI=1S/C28H25BrN2O3/c1-17-8-10-19(11-9-17)21(14-25(32)33)16-30-28(34)26-18(2)27(20-6-4-3-5-7-20)31-24-13-12-22(29)15-23(24)26/h3-13,15,21H,14,16H2,1-2H3,(H,30,34)(H,32,33). The molecule has 0 aliphatic rings. The van der Waals surface area contributed by atoms with Crippen LogP contribution < -0.4 is 5.32 Å². The molecule has 1 atom stereocenters. The number of nitrogens with one attached hydrogen (secondary N) is 1. The summed E-state index contributed by atoms with van der Waals surface area (Å²) >= 11 is 3.50. The van der Waals surface area contributed by atoms with Gasteiger partial charge in [-0.1, -0.05) is 76.1 Å². The first-order valence-corrected chi connectivity index (χ1v) is 11.8. The van der Waals surface area contributed by atoms with Crippen molar-refractivity contribution in [3.8, 4) is 11.3 Å². The van der Waals surface area contributed by atoms with Gasteiger partial charge in [-0.15, -0.1) is 0 Å². The van der Waals surface area contributed by atoms with Crippen molar-refractivity contribution >= 4 is 38.7 Å². The van der Waals surface area contributed by atoms with E-state index in [0.29, 0.717) is 5.56 Å². The van der Waals surface area contributed by atoms with E-state index in [1.807, 2.05) is 86.6 Å². The Morgan fingerprint density at radius 1 is 1.00 bits per heavy atom. The van der Waals surface area contributed by atoms with Crippen molar-refractivity contribution in [3.63, 3.8) is 0 Å². The van der Waals surface area contributed by atoms with Crippen molar-refractivity contribution in [1.82, 2.24) is 10.3 Å². The molecule has 1 unspecified atom stereocenters. The van der Waals surface area contributed by atoms with E-state index in [0.717, 1.165) is 43.3 Å². The van der Waals surface area contributed by atoms with Crippen LogP contribution in [0.4, 0.5) is 0 Å². The van der Waals surface area contributed by atoms with Crippen molar-refractivity contribution in [2.24, 2.45) is 0 Å². The maximum Gasteiger partial charge on any atom is 0.304 e. The van der Waals surface area contributed by atoms with Gasteiger partial charge in [-0.2, -0.15) is 0 Å². The average molecular weight is 517 g/mol. The van der Waals surface area contributed by atoms with Crippen LogP contribution in [0.5, 0.6) is 0 Å². The highest BCUT2D eigenvalue weighted by Gasteiger charge is 2.22. The number of aryl methyl sites for hydroxylation is 1. The molecule has 172 valence electrons. The van der Waals surface area contributed by atoms with Gasteiger partial charge in [-0.3, -0.25) is 9.59 Å². The highest BCUT2D eigenvalue weighted by atomic mass is 79.9. The van der Waals surface area contributed by atoms with Gasteiger partial charge in [0.1, 0.15) is 0 Å². The van der Waals surface area contributed by atoms with Crippen molar-refractivity contribution in [3.05, 3.63) is 99.5 Å². The SMILES string of the molecule is Cc1ccc(C(CNC(=O)c2c(C)c(-c3ccccc3)nc3ccc(Br)cc23)CC(=O)O)cc1. The minimum Gasteiger partial charge on any atom is -0.481 e. The Bertz CT molecular complexity index is 1350. The van der Waals surface area contributed by atoms with E-state index in [1.54, 1.807) is 0 Å². The van der Waals surface area contributed by atoms with Crippen LogP contribution in [-0.4, -0.2) is 28.5 Å². The topological polar surface area (TPSA) is 79.3 Å². The molecule has 4 aromatic rings. The van der Waals surface area contributed by atoms with Crippen LogP contribution in [0.2, 0.25) is 0 Å². The third-order valence-electron chi connectivity index (χ3n) is 5.94. The number of hydrogen-bond donors (Lipinski definition) is 2. The lowest BCUT2D eigenvalue weighted by Crippen LogP contribution is -2.30. The van der Waals surface area contributed by atoms with Gasteiger partial charge < -0.3 is 10.4 Å². The summed E-state index contributed by atoms with van der Waals surface area (Å²) in [5.74, 6) is -1.49. The molecule has 1 aromatic heterocycles. The predicted molar refractivity (Wildman–Crippen MR) is 138 cm³/mol. The fourth-order valence-electron chi connectivity index (χ4n) is 4.16. The number of carboxylic acid groups (broad SMARTS) is 1. The smallest absolute Gasteiger partial charge is 0.304 e.